The number of amides is 5. The van der Waals surface area contributed by atoms with Crippen molar-refractivity contribution in [2.45, 2.75) is 103 Å². The molecule has 4 rings (SSSR count). The van der Waals surface area contributed by atoms with Crippen LogP contribution in [0.25, 0.3) is 0 Å². The van der Waals surface area contributed by atoms with E-state index in [4.69, 9.17) is 0 Å². The van der Waals surface area contributed by atoms with Crippen LogP contribution in [0.4, 0.5) is 0 Å². The summed E-state index contributed by atoms with van der Waals surface area (Å²) in [6.07, 6.45) is 6.70. The zero-order chi connectivity index (χ0) is 33.6. The van der Waals surface area contributed by atoms with Crippen molar-refractivity contribution in [2.24, 2.45) is 5.41 Å². The van der Waals surface area contributed by atoms with Gasteiger partial charge < -0.3 is 26.2 Å². The van der Waals surface area contributed by atoms with E-state index in [1.54, 1.807) is 20.8 Å². The normalized spacial score (nSPS) is 17.8. The SMILES string of the molecule is CCC[C@H](NC(=O)[C@@H]1Cc2ccccc2CN1C(=O)[C@@H](NC(=O)C(C)NC(=O)c1cnccn1)C(C)(C)C)C(=O)C(=O)NC1CC1. The van der Waals surface area contributed by atoms with Gasteiger partial charge in [-0.1, -0.05) is 58.4 Å². The molecule has 1 aromatic carbocycles. The molecule has 13 heteroatoms. The van der Waals surface area contributed by atoms with Crippen molar-refractivity contribution in [1.82, 2.24) is 36.1 Å². The molecule has 4 N–H and O–H groups in total. The van der Waals surface area contributed by atoms with Crippen molar-refractivity contribution in [3.8, 4) is 0 Å². The van der Waals surface area contributed by atoms with Gasteiger partial charge in [0.15, 0.2) is 0 Å². The van der Waals surface area contributed by atoms with Crippen LogP contribution in [-0.2, 0) is 36.9 Å². The molecule has 246 valence electrons. The Balaban J connectivity index is 1.55. The van der Waals surface area contributed by atoms with Crippen molar-refractivity contribution < 1.29 is 28.8 Å². The number of aromatic nitrogens is 2. The topological polar surface area (TPSA) is 180 Å². The largest absolute Gasteiger partial charge is 0.347 e. The minimum atomic E-state index is -1.08. The molecular weight excluding hydrogens is 590 g/mol. The number of hydrogen-bond donors (Lipinski definition) is 4. The van der Waals surface area contributed by atoms with E-state index in [1.165, 1.54) is 30.4 Å². The average Bonchev–Trinajstić information content (AvgIpc) is 3.85. The van der Waals surface area contributed by atoms with Gasteiger partial charge in [0.05, 0.1) is 12.2 Å². The second-order valence-corrected chi connectivity index (χ2v) is 13.0. The fraction of sp³-hybridized carbons (Fsp3) is 0.515. The third-order valence-corrected chi connectivity index (χ3v) is 8.12. The van der Waals surface area contributed by atoms with E-state index in [0.717, 1.165) is 24.0 Å². The van der Waals surface area contributed by atoms with E-state index < -0.39 is 64.9 Å². The number of ketones is 1. The first-order valence-corrected chi connectivity index (χ1v) is 15.7. The predicted molar refractivity (Wildman–Crippen MR) is 168 cm³/mol. The van der Waals surface area contributed by atoms with Gasteiger partial charge in [-0.05, 0) is 42.7 Å². The lowest BCUT2D eigenvalue weighted by atomic mass is 9.84. The van der Waals surface area contributed by atoms with Gasteiger partial charge in [-0.25, -0.2) is 4.98 Å². The molecule has 4 atom stereocenters. The number of rotatable bonds is 12. The highest BCUT2D eigenvalue weighted by Gasteiger charge is 2.43. The standard InChI is InChI=1S/C33H43N7O6/c1-6-9-23(26(41)31(45)37-22-12-13-22)38-30(44)25-16-20-10-7-8-11-21(20)18-40(25)32(46)27(33(3,4)5)39-28(42)19(2)36-29(43)24-17-34-14-15-35-24/h7-8,10-11,14-15,17,19,22-23,25,27H,6,9,12-13,16,18H2,1-5H3,(H,36,43)(H,37,45)(H,38,44)(H,39,42)/t19?,23-,25-,27+/m0/s1. The Hall–Kier alpha value is -4.68. The molecule has 46 heavy (non-hydrogen) atoms. The molecule has 1 aromatic heterocycles. The number of Topliss-reactive ketones (excluding diaryl/α,β-unsaturated/α-hetero) is 1. The smallest absolute Gasteiger partial charge is 0.289 e. The molecule has 2 aromatic rings. The first-order chi connectivity index (χ1) is 21.8. The number of benzene rings is 1. The summed E-state index contributed by atoms with van der Waals surface area (Å²) in [4.78, 5) is 89.0. The van der Waals surface area contributed by atoms with Gasteiger partial charge in [0.2, 0.25) is 23.5 Å². The number of fused-ring (bicyclic) bond motifs is 1. The molecule has 2 aliphatic rings. The summed E-state index contributed by atoms with van der Waals surface area (Å²) in [6.45, 7) is 8.82. The van der Waals surface area contributed by atoms with Crippen LogP contribution in [-0.4, -0.2) is 80.4 Å². The Morgan fingerprint density at radius 3 is 2.28 bits per heavy atom. The molecule has 1 aliphatic carbocycles. The zero-order valence-electron chi connectivity index (χ0n) is 27.0. The molecule has 1 unspecified atom stereocenters. The second-order valence-electron chi connectivity index (χ2n) is 13.0. The molecule has 1 aliphatic heterocycles. The lowest BCUT2D eigenvalue weighted by Gasteiger charge is -2.41. The number of carbonyl (C=O) groups excluding carboxylic acids is 6. The molecule has 0 spiro atoms. The first kappa shape index (κ1) is 34.2. The predicted octanol–water partition coefficient (Wildman–Crippen LogP) is 1.21. The van der Waals surface area contributed by atoms with Crippen LogP contribution < -0.4 is 21.3 Å². The van der Waals surface area contributed by atoms with Gasteiger partial charge in [-0.2, -0.15) is 0 Å². The Morgan fingerprint density at radius 2 is 1.67 bits per heavy atom. The van der Waals surface area contributed by atoms with Gasteiger partial charge in [-0.3, -0.25) is 33.8 Å². The van der Waals surface area contributed by atoms with E-state index in [9.17, 15) is 28.8 Å². The highest BCUT2D eigenvalue weighted by Crippen LogP contribution is 2.28. The summed E-state index contributed by atoms with van der Waals surface area (Å²) in [5, 5.41) is 10.8. The summed E-state index contributed by atoms with van der Waals surface area (Å²) < 4.78 is 0. The molecule has 2 heterocycles. The van der Waals surface area contributed by atoms with Crippen LogP contribution in [0.2, 0.25) is 0 Å². The number of carbonyl (C=O) groups is 6. The van der Waals surface area contributed by atoms with Crippen molar-refractivity contribution >= 4 is 35.3 Å². The number of nitrogens with zero attached hydrogens (tertiary/aromatic N) is 3. The van der Waals surface area contributed by atoms with E-state index >= 15 is 0 Å². The van der Waals surface area contributed by atoms with Crippen LogP contribution in [0, 0.1) is 5.41 Å². The number of hydrogen-bond acceptors (Lipinski definition) is 8. The summed E-state index contributed by atoms with van der Waals surface area (Å²) in [5.74, 6) is -3.68. The third kappa shape index (κ3) is 8.52. The van der Waals surface area contributed by atoms with Crippen molar-refractivity contribution in [1.29, 1.82) is 0 Å². The summed E-state index contributed by atoms with van der Waals surface area (Å²) >= 11 is 0. The molecule has 0 saturated heterocycles. The molecule has 1 saturated carbocycles. The maximum Gasteiger partial charge on any atom is 0.289 e. The first-order valence-electron chi connectivity index (χ1n) is 15.7. The van der Waals surface area contributed by atoms with Crippen molar-refractivity contribution in [3.63, 3.8) is 0 Å². The van der Waals surface area contributed by atoms with E-state index in [-0.39, 0.29) is 31.1 Å². The maximum atomic E-state index is 14.3. The highest BCUT2D eigenvalue weighted by molar-refractivity contribution is 6.38. The monoisotopic (exact) mass is 633 g/mol. The van der Waals surface area contributed by atoms with Gasteiger partial charge in [0.1, 0.15) is 23.8 Å². The molecule has 0 radical (unpaired) electrons. The summed E-state index contributed by atoms with van der Waals surface area (Å²) in [5.41, 5.74) is 0.985. The minimum Gasteiger partial charge on any atom is -0.347 e. The Labute approximate surface area is 268 Å². The van der Waals surface area contributed by atoms with Crippen LogP contribution in [0.1, 0.15) is 81.9 Å². The summed E-state index contributed by atoms with van der Waals surface area (Å²) in [7, 11) is 0. The molecule has 1 fully saturated rings. The Kier molecular flexibility index (Phi) is 10.9. The molecule has 0 bridgehead atoms. The van der Waals surface area contributed by atoms with Gasteiger partial charge >= 0.3 is 0 Å². The molecular formula is C33H43N7O6. The minimum absolute atomic E-state index is 0.00928. The fourth-order valence-electron chi connectivity index (χ4n) is 5.29. The van der Waals surface area contributed by atoms with E-state index in [1.807, 2.05) is 31.2 Å². The second kappa shape index (κ2) is 14.6. The van der Waals surface area contributed by atoms with Crippen LogP contribution in [0.3, 0.4) is 0 Å². The quantitative estimate of drug-likeness (QED) is 0.252. The molecule has 13 nitrogen and oxygen atoms in total. The molecule has 5 amide bonds. The Morgan fingerprint density at radius 1 is 0.978 bits per heavy atom. The lowest BCUT2D eigenvalue weighted by Crippen LogP contribution is -2.63. The van der Waals surface area contributed by atoms with Crippen LogP contribution in [0.5, 0.6) is 0 Å². The summed E-state index contributed by atoms with van der Waals surface area (Å²) in [6, 6.07) is 3.32. The van der Waals surface area contributed by atoms with Crippen LogP contribution in [0.15, 0.2) is 42.9 Å². The average molecular weight is 634 g/mol. The van der Waals surface area contributed by atoms with E-state index in [2.05, 4.69) is 31.2 Å². The number of nitrogens with one attached hydrogen (secondary N) is 4. The van der Waals surface area contributed by atoms with Crippen molar-refractivity contribution in [2.75, 3.05) is 0 Å². The highest BCUT2D eigenvalue weighted by atomic mass is 16.2. The van der Waals surface area contributed by atoms with Crippen LogP contribution >= 0.6 is 0 Å². The van der Waals surface area contributed by atoms with E-state index in [0.29, 0.717) is 6.42 Å². The van der Waals surface area contributed by atoms with Crippen molar-refractivity contribution in [3.05, 3.63) is 59.7 Å². The maximum absolute atomic E-state index is 14.3. The zero-order valence-corrected chi connectivity index (χ0v) is 27.0. The third-order valence-electron chi connectivity index (χ3n) is 8.12. The van der Waals surface area contributed by atoms with Gasteiger partial charge in [0, 0.05) is 31.4 Å². The van der Waals surface area contributed by atoms with Gasteiger partial charge in [-0.15, -0.1) is 0 Å². The fourth-order valence-corrected chi connectivity index (χ4v) is 5.29. The lowest BCUT2D eigenvalue weighted by molar-refractivity contribution is -0.148. The Bertz CT molecular complexity index is 1470. The van der Waals surface area contributed by atoms with Gasteiger partial charge in [0.25, 0.3) is 11.8 Å².